The van der Waals surface area contributed by atoms with Gasteiger partial charge in [-0.25, -0.2) is 13.2 Å². The predicted molar refractivity (Wildman–Crippen MR) is 127 cm³/mol. The second kappa shape index (κ2) is 11.3. The highest BCUT2D eigenvalue weighted by Crippen LogP contribution is 2.37. The molecule has 1 fully saturated rings. The molecule has 2 nitrogen and oxygen atoms in total. The summed E-state index contributed by atoms with van der Waals surface area (Å²) < 4.78 is 67.6. The first-order chi connectivity index (χ1) is 16.3. The van der Waals surface area contributed by atoms with Crippen molar-refractivity contribution in [3.8, 4) is 11.1 Å². The van der Waals surface area contributed by atoms with Crippen molar-refractivity contribution in [3.63, 3.8) is 0 Å². The molecule has 0 aliphatic heterocycles. The van der Waals surface area contributed by atoms with E-state index < -0.39 is 29.0 Å². The zero-order valence-electron chi connectivity index (χ0n) is 19.3. The Labute approximate surface area is 197 Å². The van der Waals surface area contributed by atoms with Gasteiger partial charge < -0.3 is 9.47 Å². The third-order valence-electron chi connectivity index (χ3n) is 6.22. The minimum absolute atomic E-state index is 0.0177. The van der Waals surface area contributed by atoms with Crippen molar-refractivity contribution in [1.82, 2.24) is 0 Å². The summed E-state index contributed by atoms with van der Waals surface area (Å²) in [4.78, 5) is 0. The fourth-order valence-electron chi connectivity index (χ4n) is 4.11. The molecule has 3 rings (SSSR count). The monoisotopic (exact) mass is 472 g/mol. The van der Waals surface area contributed by atoms with Crippen molar-refractivity contribution < 1.29 is 27.0 Å². The largest absolute Gasteiger partial charge is 0.494 e. The van der Waals surface area contributed by atoms with E-state index in [-0.39, 0.29) is 23.2 Å². The standard InChI is InChI=1S/C28H28F4O2/c1-17(25(29)26(30)18(2)33-3)5-6-19-7-9-20(10-8-19)23-15-16-24(28(32)27(23)31)21-11-13-22(34-4)14-12-21/h5-10,15-16,21-22H,1-2,11-14H2,3-4H3/b6-5+,26-25-. The highest BCUT2D eigenvalue weighted by molar-refractivity contribution is 5.67. The van der Waals surface area contributed by atoms with Crippen molar-refractivity contribution in [2.45, 2.75) is 37.7 Å². The quantitative estimate of drug-likeness (QED) is 0.219. The first-order valence-electron chi connectivity index (χ1n) is 11.0. The molecule has 2 aromatic carbocycles. The average Bonchev–Trinajstić information content (AvgIpc) is 2.88. The van der Waals surface area contributed by atoms with Crippen molar-refractivity contribution in [2.75, 3.05) is 14.2 Å². The predicted octanol–water partition coefficient (Wildman–Crippen LogP) is 8.18. The van der Waals surface area contributed by atoms with Crippen LogP contribution in [-0.2, 0) is 9.47 Å². The molecule has 0 spiro atoms. The molecule has 0 amide bonds. The van der Waals surface area contributed by atoms with Gasteiger partial charge in [-0.05, 0) is 48.3 Å². The molecule has 0 radical (unpaired) electrons. The molecule has 1 aliphatic rings. The van der Waals surface area contributed by atoms with E-state index in [4.69, 9.17) is 4.74 Å². The number of halogens is 4. The van der Waals surface area contributed by atoms with Crippen molar-refractivity contribution in [3.05, 3.63) is 101 Å². The lowest BCUT2D eigenvalue weighted by atomic mass is 9.82. The summed E-state index contributed by atoms with van der Waals surface area (Å²) in [6.07, 6.45) is 6.21. The lowest BCUT2D eigenvalue weighted by Crippen LogP contribution is -2.20. The Hall–Kier alpha value is -3.12. The molecule has 0 saturated heterocycles. The third-order valence-corrected chi connectivity index (χ3v) is 6.22. The summed E-state index contributed by atoms with van der Waals surface area (Å²) >= 11 is 0. The fourth-order valence-corrected chi connectivity index (χ4v) is 4.11. The molecular weight excluding hydrogens is 444 g/mol. The Morgan fingerprint density at radius 1 is 0.882 bits per heavy atom. The first kappa shape index (κ1) is 25.5. The minimum Gasteiger partial charge on any atom is -0.494 e. The normalized spacial score (nSPS) is 19.1. The molecule has 6 heteroatoms. The smallest absolute Gasteiger partial charge is 0.200 e. The van der Waals surface area contributed by atoms with E-state index in [0.29, 0.717) is 16.7 Å². The van der Waals surface area contributed by atoms with E-state index in [2.05, 4.69) is 17.9 Å². The summed E-state index contributed by atoms with van der Waals surface area (Å²) in [5, 5.41) is 0. The Balaban J connectivity index is 1.75. The molecule has 0 atom stereocenters. The van der Waals surface area contributed by atoms with Crippen LogP contribution < -0.4 is 0 Å². The molecule has 0 bridgehead atoms. The van der Waals surface area contributed by atoms with Gasteiger partial charge in [-0.3, -0.25) is 0 Å². The number of rotatable bonds is 8. The van der Waals surface area contributed by atoms with E-state index in [1.807, 2.05) is 0 Å². The van der Waals surface area contributed by atoms with Crippen LogP contribution in [-0.4, -0.2) is 20.3 Å². The van der Waals surface area contributed by atoms with Crippen LogP contribution in [0.5, 0.6) is 0 Å². The molecule has 0 heterocycles. The van der Waals surface area contributed by atoms with Crippen LogP contribution in [0, 0.1) is 11.6 Å². The van der Waals surface area contributed by atoms with Gasteiger partial charge in [0, 0.05) is 18.2 Å². The van der Waals surface area contributed by atoms with Gasteiger partial charge in [0.05, 0.1) is 13.2 Å². The Morgan fingerprint density at radius 3 is 2.12 bits per heavy atom. The second-order valence-electron chi connectivity index (χ2n) is 8.28. The van der Waals surface area contributed by atoms with Gasteiger partial charge in [0.25, 0.3) is 0 Å². The van der Waals surface area contributed by atoms with Crippen LogP contribution in [0.25, 0.3) is 17.2 Å². The number of benzene rings is 2. The Bertz CT molecular complexity index is 1110. The topological polar surface area (TPSA) is 18.5 Å². The highest BCUT2D eigenvalue weighted by Gasteiger charge is 2.26. The first-order valence-corrected chi connectivity index (χ1v) is 11.0. The van der Waals surface area contributed by atoms with E-state index >= 15 is 0 Å². The summed E-state index contributed by atoms with van der Waals surface area (Å²) in [6, 6.07) is 9.90. The zero-order chi connectivity index (χ0) is 24.8. The summed E-state index contributed by atoms with van der Waals surface area (Å²) in [5.74, 6) is -4.52. The second-order valence-corrected chi connectivity index (χ2v) is 8.28. The van der Waals surface area contributed by atoms with Crippen LogP contribution in [0.15, 0.2) is 78.6 Å². The van der Waals surface area contributed by atoms with Crippen molar-refractivity contribution in [1.29, 1.82) is 0 Å². The third kappa shape index (κ3) is 5.68. The van der Waals surface area contributed by atoms with E-state index in [9.17, 15) is 17.6 Å². The maximum atomic E-state index is 14.9. The molecular formula is C28H28F4O2. The van der Waals surface area contributed by atoms with E-state index in [1.165, 1.54) is 19.3 Å². The number of methoxy groups -OCH3 is 2. The number of hydrogen-bond acceptors (Lipinski definition) is 2. The molecule has 1 saturated carbocycles. The molecule has 0 N–H and O–H groups in total. The van der Waals surface area contributed by atoms with Gasteiger partial charge in [0.2, 0.25) is 5.83 Å². The molecule has 0 aromatic heterocycles. The molecule has 1 aliphatic carbocycles. The van der Waals surface area contributed by atoms with Gasteiger partial charge in [-0.1, -0.05) is 61.7 Å². The van der Waals surface area contributed by atoms with Crippen LogP contribution in [0.1, 0.15) is 42.7 Å². The van der Waals surface area contributed by atoms with Gasteiger partial charge in [0.15, 0.2) is 17.5 Å². The van der Waals surface area contributed by atoms with Crippen LogP contribution in [0.4, 0.5) is 17.6 Å². The molecule has 180 valence electrons. The van der Waals surface area contributed by atoms with Gasteiger partial charge in [-0.2, -0.15) is 4.39 Å². The van der Waals surface area contributed by atoms with Gasteiger partial charge >= 0.3 is 0 Å². The molecule has 0 unspecified atom stereocenters. The zero-order valence-corrected chi connectivity index (χ0v) is 19.3. The maximum Gasteiger partial charge on any atom is 0.200 e. The lowest BCUT2D eigenvalue weighted by molar-refractivity contribution is 0.0655. The summed E-state index contributed by atoms with van der Waals surface area (Å²) in [5.41, 5.74) is 1.54. The maximum absolute atomic E-state index is 14.9. The van der Waals surface area contributed by atoms with E-state index in [0.717, 1.165) is 25.7 Å². The minimum atomic E-state index is -1.22. The lowest BCUT2D eigenvalue weighted by Gasteiger charge is -2.28. The van der Waals surface area contributed by atoms with Crippen LogP contribution >= 0.6 is 0 Å². The SMILES string of the molecule is C=C(/C=C/c1ccc(-c2ccc(C3CCC(OC)CC3)c(F)c2F)cc1)/C(F)=C(/F)C(=C)OC. The van der Waals surface area contributed by atoms with E-state index in [1.54, 1.807) is 43.5 Å². The molecule has 34 heavy (non-hydrogen) atoms. The number of ether oxygens (including phenoxy) is 2. The summed E-state index contributed by atoms with van der Waals surface area (Å²) in [7, 11) is 2.86. The van der Waals surface area contributed by atoms with Crippen molar-refractivity contribution >= 4 is 6.08 Å². The van der Waals surface area contributed by atoms with Gasteiger partial charge in [0.1, 0.15) is 5.76 Å². The fraction of sp³-hybridized carbons (Fsp3) is 0.286. The average molecular weight is 473 g/mol. The molecule has 2 aromatic rings. The Kier molecular flexibility index (Phi) is 8.51. The number of hydrogen-bond donors (Lipinski definition) is 0. The van der Waals surface area contributed by atoms with Crippen LogP contribution in [0.2, 0.25) is 0 Å². The highest BCUT2D eigenvalue weighted by atomic mass is 19.2. The van der Waals surface area contributed by atoms with Crippen molar-refractivity contribution in [2.24, 2.45) is 0 Å². The Morgan fingerprint density at radius 2 is 1.53 bits per heavy atom. The van der Waals surface area contributed by atoms with Gasteiger partial charge in [-0.15, -0.1) is 0 Å². The number of allylic oxidation sites excluding steroid dienone is 4. The summed E-state index contributed by atoms with van der Waals surface area (Å²) in [6.45, 7) is 6.76. The van der Waals surface area contributed by atoms with Crippen LogP contribution in [0.3, 0.4) is 0 Å².